The van der Waals surface area contributed by atoms with Crippen LogP contribution in [0.2, 0.25) is 0 Å². The molecule has 0 amide bonds. The molecular weight excluding hydrogens is 397 g/mol. The third-order valence-corrected chi connectivity index (χ3v) is 6.54. The van der Waals surface area contributed by atoms with Gasteiger partial charge in [-0.05, 0) is 48.1 Å². The van der Waals surface area contributed by atoms with Crippen molar-refractivity contribution in [1.29, 1.82) is 0 Å². The van der Waals surface area contributed by atoms with Crippen molar-refractivity contribution in [2.75, 3.05) is 25.6 Å². The topological polar surface area (TPSA) is 70.6 Å². The van der Waals surface area contributed by atoms with Gasteiger partial charge >= 0.3 is 0 Å². The Morgan fingerprint density at radius 3 is 2.54 bits per heavy atom. The lowest BCUT2D eigenvalue weighted by atomic mass is 10.1. The molecule has 0 aliphatic rings. The summed E-state index contributed by atoms with van der Waals surface area (Å²) in [5.41, 5.74) is 1.95. The molecule has 5 nitrogen and oxygen atoms in total. The van der Waals surface area contributed by atoms with Gasteiger partial charge in [0.25, 0.3) is 0 Å². The summed E-state index contributed by atoms with van der Waals surface area (Å²) in [6.07, 6.45) is 2.44. The summed E-state index contributed by atoms with van der Waals surface area (Å²) >= 11 is 1.64. The van der Waals surface area contributed by atoms with Crippen LogP contribution in [0.5, 0.6) is 0 Å². The van der Waals surface area contributed by atoms with Gasteiger partial charge in [-0.15, -0.1) is 0 Å². The number of hydrogen-bond acceptors (Lipinski definition) is 4. The van der Waals surface area contributed by atoms with Gasteiger partial charge in [0.05, 0.1) is 10.6 Å². The van der Waals surface area contributed by atoms with Gasteiger partial charge < -0.3 is 10.6 Å². The molecule has 2 aromatic rings. The van der Waals surface area contributed by atoms with E-state index in [0.717, 1.165) is 16.9 Å². The minimum absolute atomic E-state index is 0.0663. The van der Waals surface area contributed by atoms with E-state index in [-0.39, 0.29) is 11.6 Å². The predicted molar refractivity (Wildman–Crippen MR) is 115 cm³/mol. The fourth-order valence-corrected chi connectivity index (χ4v) is 4.58. The van der Waals surface area contributed by atoms with Gasteiger partial charge in [-0.1, -0.05) is 24.3 Å². The Bertz CT molecular complexity index is 888. The first kappa shape index (κ1) is 22.2. The molecule has 0 aliphatic heterocycles. The van der Waals surface area contributed by atoms with Crippen molar-refractivity contribution in [3.05, 3.63) is 65.5 Å². The lowest BCUT2D eigenvalue weighted by molar-refractivity contribution is 0.592. The quantitative estimate of drug-likeness (QED) is 0.368. The first-order valence-electron chi connectivity index (χ1n) is 8.95. The van der Waals surface area contributed by atoms with Gasteiger partial charge in [0, 0.05) is 25.9 Å². The summed E-state index contributed by atoms with van der Waals surface area (Å²) in [5.74, 6) is 1.14. The van der Waals surface area contributed by atoms with Crippen LogP contribution in [0.3, 0.4) is 0 Å². The van der Waals surface area contributed by atoms with Crippen LogP contribution in [0, 0.1) is 5.82 Å². The number of nitrogens with zero attached hydrogens (tertiary/aromatic N) is 1. The van der Waals surface area contributed by atoms with E-state index in [1.54, 1.807) is 61.3 Å². The number of hydrogen-bond donors (Lipinski definition) is 2. The minimum atomic E-state index is -3.27. The maximum atomic E-state index is 13.4. The van der Waals surface area contributed by atoms with E-state index in [0.29, 0.717) is 30.4 Å². The maximum Gasteiger partial charge on any atom is 0.191 e. The monoisotopic (exact) mass is 423 g/mol. The predicted octanol–water partition coefficient (Wildman–Crippen LogP) is 3.22. The van der Waals surface area contributed by atoms with Gasteiger partial charge in [-0.3, -0.25) is 4.99 Å². The van der Waals surface area contributed by atoms with Crippen molar-refractivity contribution in [3.63, 3.8) is 0 Å². The molecule has 2 N–H and O–H groups in total. The number of aliphatic imine (C=N–C) groups is 1. The van der Waals surface area contributed by atoms with Crippen LogP contribution >= 0.6 is 11.8 Å². The van der Waals surface area contributed by atoms with E-state index in [2.05, 4.69) is 15.6 Å². The average molecular weight is 424 g/mol. The molecule has 0 heterocycles. The van der Waals surface area contributed by atoms with Crippen LogP contribution in [0.25, 0.3) is 0 Å². The van der Waals surface area contributed by atoms with Crippen LogP contribution in [-0.2, 0) is 22.1 Å². The van der Waals surface area contributed by atoms with Crippen molar-refractivity contribution in [2.24, 2.45) is 4.99 Å². The molecule has 0 saturated carbocycles. The summed E-state index contributed by atoms with van der Waals surface area (Å²) in [6, 6.07) is 13.2. The van der Waals surface area contributed by atoms with Gasteiger partial charge in [-0.25, -0.2) is 12.8 Å². The maximum absolute atomic E-state index is 13.4. The lowest BCUT2D eigenvalue weighted by Gasteiger charge is -2.14. The van der Waals surface area contributed by atoms with E-state index >= 15 is 0 Å². The normalized spacial score (nSPS) is 12.0. The van der Waals surface area contributed by atoms with Gasteiger partial charge in [0.2, 0.25) is 0 Å². The van der Waals surface area contributed by atoms with Crippen molar-refractivity contribution < 1.29 is 12.8 Å². The molecule has 152 valence electrons. The van der Waals surface area contributed by atoms with Crippen molar-refractivity contribution in [3.8, 4) is 0 Å². The Morgan fingerprint density at radius 2 is 1.86 bits per heavy atom. The van der Waals surface area contributed by atoms with E-state index in [1.165, 1.54) is 6.07 Å². The first-order chi connectivity index (χ1) is 13.5. The molecule has 0 unspecified atom stereocenters. The van der Waals surface area contributed by atoms with E-state index in [4.69, 9.17) is 0 Å². The smallest absolute Gasteiger partial charge is 0.191 e. The molecule has 0 aliphatic carbocycles. The van der Waals surface area contributed by atoms with Gasteiger partial charge in [0.1, 0.15) is 5.82 Å². The SMILES string of the molecule is CN=C(NCCCS(=O)(=O)c1ccccc1)NCc1ccc(F)cc1CSC. The molecule has 2 aromatic carbocycles. The van der Waals surface area contributed by atoms with E-state index < -0.39 is 9.84 Å². The molecule has 0 aromatic heterocycles. The highest BCUT2D eigenvalue weighted by atomic mass is 32.2. The lowest BCUT2D eigenvalue weighted by Crippen LogP contribution is -2.37. The minimum Gasteiger partial charge on any atom is -0.356 e. The van der Waals surface area contributed by atoms with Crippen LogP contribution in [-0.4, -0.2) is 40.0 Å². The van der Waals surface area contributed by atoms with Crippen molar-refractivity contribution in [2.45, 2.75) is 23.6 Å². The van der Waals surface area contributed by atoms with Gasteiger partial charge in [-0.2, -0.15) is 11.8 Å². The first-order valence-corrected chi connectivity index (χ1v) is 12.0. The fourth-order valence-electron chi connectivity index (χ4n) is 2.67. The molecule has 28 heavy (non-hydrogen) atoms. The summed E-state index contributed by atoms with van der Waals surface area (Å²) in [4.78, 5) is 4.50. The second-order valence-corrected chi connectivity index (χ2v) is 9.16. The molecule has 0 atom stereocenters. The number of rotatable bonds is 9. The number of nitrogens with one attached hydrogen (secondary N) is 2. The number of benzene rings is 2. The van der Waals surface area contributed by atoms with Crippen molar-refractivity contribution in [1.82, 2.24) is 10.6 Å². The zero-order chi connectivity index (χ0) is 20.4. The van der Waals surface area contributed by atoms with Crippen LogP contribution in [0.4, 0.5) is 4.39 Å². The molecule has 8 heteroatoms. The standard InChI is InChI=1S/C20H26FN3O2S2/c1-22-20(24-14-16-9-10-18(21)13-17(16)15-27-2)23-11-6-12-28(25,26)19-7-4-3-5-8-19/h3-5,7-10,13H,6,11-12,14-15H2,1-2H3,(H2,22,23,24). The largest absolute Gasteiger partial charge is 0.356 e. The molecule has 0 bridgehead atoms. The second kappa shape index (κ2) is 11.1. The zero-order valence-corrected chi connectivity index (χ0v) is 17.7. The molecule has 2 rings (SSSR count). The Labute approximate surface area is 170 Å². The number of thioether (sulfide) groups is 1. The summed E-state index contributed by atoms with van der Waals surface area (Å²) in [6.45, 7) is 0.991. The van der Waals surface area contributed by atoms with E-state index in [1.807, 2.05) is 6.26 Å². The number of guanidine groups is 1. The molecule has 0 radical (unpaired) electrons. The summed E-state index contributed by atoms with van der Waals surface area (Å²) in [5, 5.41) is 6.31. The highest BCUT2D eigenvalue weighted by Crippen LogP contribution is 2.16. The zero-order valence-electron chi connectivity index (χ0n) is 16.1. The second-order valence-electron chi connectivity index (χ2n) is 6.18. The van der Waals surface area contributed by atoms with E-state index in [9.17, 15) is 12.8 Å². The average Bonchev–Trinajstić information content (AvgIpc) is 2.69. The van der Waals surface area contributed by atoms with Crippen LogP contribution in [0.15, 0.2) is 58.4 Å². The number of sulfone groups is 1. The Balaban J connectivity index is 1.82. The highest BCUT2D eigenvalue weighted by molar-refractivity contribution is 7.97. The van der Waals surface area contributed by atoms with Crippen molar-refractivity contribution >= 4 is 27.6 Å². The van der Waals surface area contributed by atoms with Crippen LogP contribution < -0.4 is 10.6 Å². The Kier molecular flexibility index (Phi) is 8.79. The molecule has 0 spiro atoms. The molecular formula is C20H26FN3O2S2. The Hall–Kier alpha value is -2.06. The number of halogens is 1. The highest BCUT2D eigenvalue weighted by Gasteiger charge is 2.13. The van der Waals surface area contributed by atoms with Crippen LogP contribution in [0.1, 0.15) is 17.5 Å². The summed E-state index contributed by atoms with van der Waals surface area (Å²) in [7, 11) is -1.62. The molecule has 0 saturated heterocycles. The third-order valence-electron chi connectivity index (χ3n) is 4.12. The summed E-state index contributed by atoms with van der Waals surface area (Å²) < 4.78 is 38.0. The van der Waals surface area contributed by atoms with Gasteiger partial charge in [0.15, 0.2) is 15.8 Å². The fraction of sp³-hybridized carbons (Fsp3) is 0.350. The molecule has 0 fully saturated rings. The Morgan fingerprint density at radius 1 is 1.11 bits per heavy atom. The third kappa shape index (κ3) is 6.83.